The summed E-state index contributed by atoms with van der Waals surface area (Å²) in [5.74, 6) is 0.668. The van der Waals surface area contributed by atoms with Crippen LogP contribution in [0.25, 0.3) is 0 Å². The van der Waals surface area contributed by atoms with Crippen LogP contribution in [-0.2, 0) is 17.6 Å². The highest BCUT2D eigenvalue weighted by Crippen LogP contribution is 2.37. The molecule has 0 amide bonds. The summed E-state index contributed by atoms with van der Waals surface area (Å²) in [5, 5.41) is 30.0. The number of hydrogen-bond donors (Lipinski definition) is 3. The Morgan fingerprint density at radius 1 is 1.44 bits per heavy atom. The molecule has 2 rings (SSSR count). The van der Waals surface area contributed by atoms with Crippen LogP contribution in [0.4, 0.5) is 0 Å². The van der Waals surface area contributed by atoms with Gasteiger partial charge in [-0.2, -0.15) is 0 Å². The fourth-order valence-electron chi connectivity index (χ4n) is 3.31. The Labute approximate surface area is 165 Å². The highest BCUT2D eigenvalue weighted by molar-refractivity contribution is 6.29. The third-order valence-corrected chi connectivity index (χ3v) is 5.15. The summed E-state index contributed by atoms with van der Waals surface area (Å²) in [5.41, 5.74) is 0.961. The van der Waals surface area contributed by atoms with Gasteiger partial charge in [0, 0.05) is 35.8 Å². The second-order valence-corrected chi connectivity index (χ2v) is 7.96. The van der Waals surface area contributed by atoms with E-state index in [0.29, 0.717) is 30.7 Å². The number of carbonyl (C=O) groups is 1. The number of rotatable bonds is 10. The standard InChI is InChI=1S/C21H29ClO5/c1-13(7-8-14(2)22)18(23)10-9-16-17-11-15(5-3-4-6-21(25)26)27-20(17)12-19(16)24/h8-11,13,16,18-19,23-24H,3-7,12H2,1-2H3,(H,25,26)/b10-9+,14-8+/t13-,16+,18+,19+/m0/s1. The van der Waals surface area contributed by atoms with Crippen LogP contribution in [0.2, 0.25) is 0 Å². The van der Waals surface area contributed by atoms with E-state index in [9.17, 15) is 15.0 Å². The molecule has 1 aromatic rings. The van der Waals surface area contributed by atoms with Gasteiger partial charge >= 0.3 is 5.97 Å². The summed E-state index contributed by atoms with van der Waals surface area (Å²) in [6, 6.07) is 1.96. The quantitative estimate of drug-likeness (QED) is 0.408. The lowest BCUT2D eigenvalue weighted by Crippen LogP contribution is -2.16. The van der Waals surface area contributed by atoms with E-state index in [1.165, 1.54) is 0 Å². The Hall–Kier alpha value is -1.56. The van der Waals surface area contributed by atoms with E-state index in [1.54, 1.807) is 6.08 Å². The molecule has 0 saturated heterocycles. The summed E-state index contributed by atoms with van der Waals surface area (Å²) in [6.45, 7) is 3.76. The maximum Gasteiger partial charge on any atom is 0.303 e. The Kier molecular flexibility index (Phi) is 8.14. The molecule has 150 valence electrons. The molecule has 0 bridgehead atoms. The molecule has 4 atom stereocenters. The van der Waals surface area contributed by atoms with Gasteiger partial charge in [0.15, 0.2) is 0 Å². The summed E-state index contributed by atoms with van der Waals surface area (Å²) < 4.78 is 5.83. The highest BCUT2D eigenvalue weighted by Gasteiger charge is 2.33. The zero-order chi connectivity index (χ0) is 20.0. The summed E-state index contributed by atoms with van der Waals surface area (Å²) >= 11 is 5.83. The second-order valence-electron chi connectivity index (χ2n) is 7.37. The molecule has 0 aromatic carbocycles. The molecule has 0 spiro atoms. The van der Waals surface area contributed by atoms with Crippen molar-refractivity contribution in [3.63, 3.8) is 0 Å². The largest absolute Gasteiger partial charge is 0.481 e. The van der Waals surface area contributed by atoms with Crippen LogP contribution < -0.4 is 0 Å². The lowest BCUT2D eigenvalue weighted by atomic mass is 9.95. The average molecular weight is 397 g/mol. The molecule has 0 fully saturated rings. The number of aliphatic hydroxyl groups excluding tert-OH is 2. The van der Waals surface area contributed by atoms with Crippen LogP contribution in [0, 0.1) is 5.92 Å². The molecule has 0 aliphatic heterocycles. The predicted octanol–water partition coefficient (Wildman–Crippen LogP) is 4.16. The number of aliphatic hydroxyl groups is 2. The molecule has 3 N–H and O–H groups in total. The molecule has 0 radical (unpaired) electrons. The lowest BCUT2D eigenvalue weighted by Gasteiger charge is -2.15. The minimum Gasteiger partial charge on any atom is -0.481 e. The molecular formula is C21H29ClO5. The number of carboxylic acids is 1. The van der Waals surface area contributed by atoms with E-state index in [4.69, 9.17) is 21.1 Å². The number of aryl methyl sites for hydroxylation is 1. The monoisotopic (exact) mass is 396 g/mol. The highest BCUT2D eigenvalue weighted by atomic mass is 35.5. The van der Waals surface area contributed by atoms with Crippen LogP contribution in [0.3, 0.4) is 0 Å². The van der Waals surface area contributed by atoms with Crippen molar-refractivity contribution in [2.75, 3.05) is 0 Å². The first kappa shape index (κ1) is 21.7. The van der Waals surface area contributed by atoms with Crippen LogP contribution in [0.1, 0.15) is 62.5 Å². The van der Waals surface area contributed by atoms with Crippen molar-refractivity contribution < 1.29 is 24.5 Å². The number of allylic oxidation sites excluding steroid dienone is 2. The van der Waals surface area contributed by atoms with Gasteiger partial charge in [-0.05, 0) is 38.2 Å². The normalized spacial score (nSPS) is 22.2. The van der Waals surface area contributed by atoms with Crippen molar-refractivity contribution in [3.05, 3.63) is 46.4 Å². The maximum absolute atomic E-state index is 10.6. The first-order valence-electron chi connectivity index (χ1n) is 9.48. The SMILES string of the molecule is C/C(Cl)=C\C[C@H](C)[C@H](O)/C=C/[C@@H]1c2cc(CCCCC(=O)O)oc2C[C@H]1O. The Bertz CT molecular complexity index is 687. The third-order valence-electron chi connectivity index (χ3n) is 4.99. The molecule has 1 aromatic heterocycles. The van der Waals surface area contributed by atoms with Crippen molar-refractivity contribution in [1.29, 1.82) is 0 Å². The number of hydrogen-bond acceptors (Lipinski definition) is 4. The number of fused-ring (bicyclic) bond motifs is 1. The molecule has 1 heterocycles. The van der Waals surface area contributed by atoms with Crippen molar-refractivity contribution in [3.8, 4) is 0 Å². The fourth-order valence-corrected chi connectivity index (χ4v) is 3.40. The number of carboxylic acid groups (broad SMARTS) is 1. The maximum atomic E-state index is 10.6. The van der Waals surface area contributed by atoms with Gasteiger partial charge in [-0.3, -0.25) is 4.79 Å². The Balaban J connectivity index is 1.95. The first-order chi connectivity index (χ1) is 12.8. The van der Waals surface area contributed by atoms with Crippen LogP contribution in [-0.4, -0.2) is 33.5 Å². The zero-order valence-corrected chi connectivity index (χ0v) is 16.7. The number of furan rings is 1. The first-order valence-corrected chi connectivity index (χ1v) is 9.85. The minimum absolute atomic E-state index is 0.0297. The minimum atomic E-state index is -0.783. The van der Waals surface area contributed by atoms with Crippen molar-refractivity contribution in [2.24, 2.45) is 5.92 Å². The molecule has 1 aliphatic rings. The lowest BCUT2D eigenvalue weighted by molar-refractivity contribution is -0.137. The molecular weight excluding hydrogens is 368 g/mol. The smallest absolute Gasteiger partial charge is 0.303 e. The van der Waals surface area contributed by atoms with Crippen molar-refractivity contribution >= 4 is 17.6 Å². The van der Waals surface area contributed by atoms with E-state index in [2.05, 4.69) is 0 Å². The van der Waals surface area contributed by atoms with Crippen LogP contribution in [0.15, 0.2) is 33.7 Å². The number of halogens is 1. The topological polar surface area (TPSA) is 90.9 Å². The van der Waals surface area contributed by atoms with Crippen LogP contribution >= 0.6 is 11.6 Å². The molecule has 27 heavy (non-hydrogen) atoms. The van der Waals surface area contributed by atoms with E-state index >= 15 is 0 Å². The third kappa shape index (κ3) is 6.52. The molecule has 0 unspecified atom stereocenters. The number of unbranched alkanes of at least 4 members (excludes halogenated alkanes) is 1. The average Bonchev–Trinajstić information content (AvgIpc) is 3.10. The van der Waals surface area contributed by atoms with Crippen molar-refractivity contribution in [1.82, 2.24) is 0 Å². The van der Waals surface area contributed by atoms with Gasteiger partial charge in [0.25, 0.3) is 0 Å². The van der Waals surface area contributed by atoms with Gasteiger partial charge in [0.1, 0.15) is 11.5 Å². The van der Waals surface area contributed by atoms with Crippen LogP contribution in [0.5, 0.6) is 0 Å². The molecule has 5 nitrogen and oxygen atoms in total. The Morgan fingerprint density at radius 2 is 2.19 bits per heavy atom. The summed E-state index contributed by atoms with van der Waals surface area (Å²) in [4.78, 5) is 10.6. The summed E-state index contributed by atoms with van der Waals surface area (Å²) in [6.07, 6.45) is 7.69. The van der Waals surface area contributed by atoms with Gasteiger partial charge in [-0.1, -0.05) is 36.8 Å². The predicted molar refractivity (Wildman–Crippen MR) is 105 cm³/mol. The van der Waals surface area contributed by atoms with Gasteiger partial charge < -0.3 is 19.7 Å². The van der Waals surface area contributed by atoms with Gasteiger partial charge in [0.05, 0.1) is 12.2 Å². The summed E-state index contributed by atoms with van der Waals surface area (Å²) in [7, 11) is 0. The van der Waals surface area contributed by atoms with Crippen molar-refractivity contribution in [2.45, 2.75) is 70.5 Å². The Morgan fingerprint density at radius 3 is 2.85 bits per heavy atom. The number of aliphatic carboxylic acids is 1. The van der Waals surface area contributed by atoms with Gasteiger partial charge in [0.2, 0.25) is 0 Å². The zero-order valence-electron chi connectivity index (χ0n) is 15.9. The van der Waals surface area contributed by atoms with E-state index in [0.717, 1.165) is 23.5 Å². The molecule has 6 heteroatoms. The molecule has 1 aliphatic carbocycles. The van der Waals surface area contributed by atoms with E-state index < -0.39 is 18.2 Å². The van der Waals surface area contributed by atoms with Gasteiger partial charge in [-0.25, -0.2) is 0 Å². The second kappa shape index (κ2) is 10.1. The van der Waals surface area contributed by atoms with E-state index in [-0.39, 0.29) is 18.3 Å². The molecule has 0 saturated carbocycles. The van der Waals surface area contributed by atoms with E-state index in [1.807, 2.05) is 32.1 Å². The fraction of sp³-hybridized carbons (Fsp3) is 0.571. The van der Waals surface area contributed by atoms with Gasteiger partial charge in [-0.15, -0.1) is 0 Å².